The molecule has 90 valence electrons. The van der Waals surface area contributed by atoms with Gasteiger partial charge in [-0.25, -0.2) is 0 Å². The molecule has 0 spiro atoms. The Morgan fingerprint density at radius 2 is 1.47 bits per heavy atom. The lowest BCUT2D eigenvalue weighted by Crippen LogP contribution is -2.64. The van der Waals surface area contributed by atoms with Crippen molar-refractivity contribution < 1.29 is 0 Å². The summed E-state index contributed by atoms with van der Waals surface area (Å²) in [5.41, 5.74) is 0. The Bertz CT molecular complexity index is 221. The molecule has 0 aromatic rings. The lowest BCUT2D eigenvalue weighted by atomic mass is 10.2. The molecule has 3 heteroatoms. The van der Waals surface area contributed by atoms with E-state index in [1.807, 2.05) is 0 Å². The van der Waals surface area contributed by atoms with E-state index in [-0.39, 0.29) is 0 Å². The highest BCUT2D eigenvalue weighted by atomic mass is 28.4. The Morgan fingerprint density at radius 3 is 1.67 bits per heavy atom. The molecule has 0 heterocycles. The van der Waals surface area contributed by atoms with Crippen LogP contribution in [0.1, 0.15) is 20.8 Å². The Labute approximate surface area is 98.7 Å². The van der Waals surface area contributed by atoms with Crippen LogP contribution in [0.4, 0.5) is 0 Å². The van der Waals surface area contributed by atoms with E-state index in [4.69, 9.17) is 0 Å². The number of hydrogen-bond donors (Lipinski definition) is 0. The first-order valence-corrected chi connectivity index (χ1v) is 12.2. The second-order valence-electron chi connectivity index (χ2n) is 6.88. The average Bonchev–Trinajstić information content (AvgIpc) is 1.95. The molecule has 0 atom stereocenters. The van der Waals surface area contributed by atoms with Crippen LogP contribution in [0.2, 0.25) is 37.8 Å². The molecule has 0 aliphatic heterocycles. The second-order valence-corrected chi connectivity index (χ2v) is 17.4. The van der Waals surface area contributed by atoms with Gasteiger partial charge in [0.15, 0.2) is 0 Å². The predicted molar refractivity (Wildman–Crippen MR) is 77.4 cm³/mol. The molecule has 0 saturated heterocycles. The molecule has 0 aliphatic carbocycles. The Hall–Kier alpha value is 0.134. The molecule has 0 unspecified atom stereocenters. The van der Waals surface area contributed by atoms with Crippen molar-refractivity contribution in [2.24, 2.45) is 0 Å². The van der Waals surface area contributed by atoms with Crippen LogP contribution in [0.15, 0.2) is 12.7 Å². The van der Waals surface area contributed by atoms with E-state index in [9.17, 15) is 0 Å². The molecule has 1 nitrogen and oxygen atoms in total. The molecule has 0 aliphatic rings. The van der Waals surface area contributed by atoms with Crippen LogP contribution < -0.4 is 0 Å². The SMILES string of the molecule is C=CCN([Si](C)(C)C)[Si](C)(C)C(C)(C)C. The van der Waals surface area contributed by atoms with Crippen LogP contribution in [0.5, 0.6) is 0 Å². The zero-order valence-electron chi connectivity index (χ0n) is 11.9. The monoisotopic (exact) mass is 243 g/mol. The summed E-state index contributed by atoms with van der Waals surface area (Å²) in [6, 6.07) is 0. The first-order valence-electron chi connectivity index (χ1n) is 5.83. The highest BCUT2D eigenvalue weighted by Crippen LogP contribution is 2.40. The fourth-order valence-electron chi connectivity index (χ4n) is 1.87. The van der Waals surface area contributed by atoms with Crippen molar-refractivity contribution in [2.45, 2.75) is 58.5 Å². The number of nitrogens with zero attached hydrogens (tertiary/aromatic N) is 1. The van der Waals surface area contributed by atoms with Crippen molar-refractivity contribution in [1.29, 1.82) is 0 Å². The standard InChI is InChI=1S/C12H29NSi2/c1-10-11-13(14(5,6)7)15(8,9)12(2,3)4/h10H,1,11H2,2-9H3. The maximum atomic E-state index is 3.91. The minimum Gasteiger partial charge on any atom is -0.342 e. The van der Waals surface area contributed by atoms with Crippen molar-refractivity contribution in [3.05, 3.63) is 12.7 Å². The van der Waals surface area contributed by atoms with Gasteiger partial charge in [-0.2, -0.15) is 0 Å². The largest absolute Gasteiger partial charge is 0.342 e. The maximum Gasteiger partial charge on any atom is 0.121 e. The zero-order chi connectivity index (χ0) is 12.5. The van der Waals surface area contributed by atoms with E-state index >= 15 is 0 Å². The molecule has 0 radical (unpaired) electrons. The van der Waals surface area contributed by atoms with Crippen LogP contribution in [-0.4, -0.2) is 27.2 Å². The van der Waals surface area contributed by atoms with Crippen LogP contribution in [-0.2, 0) is 0 Å². The first-order chi connectivity index (χ1) is 6.44. The summed E-state index contributed by atoms with van der Waals surface area (Å²) in [5, 5.41) is 0.427. The van der Waals surface area contributed by atoms with Crippen molar-refractivity contribution in [3.63, 3.8) is 0 Å². The summed E-state index contributed by atoms with van der Waals surface area (Å²) in [5.74, 6) is 0. The molecule has 0 bridgehead atoms. The molecule has 0 aromatic heterocycles. The normalized spacial score (nSPS) is 14.5. The molecule has 0 rings (SSSR count). The molecule has 15 heavy (non-hydrogen) atoms. The third-order valence-corrected chi connectivity index (χ3v) is 14.3. The smallest absolute Gasteiger partial charge is 0.121 e. The molecular formula is C12H29NSi2. The van der Waals surface area contributed by atoms with E-state index in [1.54, 1.807) is 0 Å². The molecule has 0 aromatic carbocycles. The summed E-state index contributed by atoms with van der Waals surface area (Å²) < 4.78 is 2.80. The van der Waals surface area contributed by atoms with Gasteiger partial charge < -0.3 is 4.23 Å². The lowest BCUT2D eigenvalue weighted by molar-refractivity contribution is 0.591. The average molecular weight is 244 g/mol. The number of rotatable bonds is 4. The third kappa shape index (κ3) is 3.57. The van der Waals surface area contributed by atoms with Gasteiger partial charge in [0, 0.05) is 6.54 Å². The van der Waals surface area contributed by atoms with Gasteiger partial charge in [-0.15, -0.1) is 6.58 Å². The molecule has 0 saturated carbocycles. The topological polar surface area (TPSA) is 3.24 Å². The van der Waals surface area contributed by atoms with Gasteiger partial charge in [0.25, 0.3) is 0 Å². The van der Waals surface area contributed by atoms with Crippen LogP contribution in [0.3, 0.4) is 0 Å². The van der Waals surface area contributed by atoms with E-state index in [1.165, 1.54) is 0 Å². The summed E-state index contributed by atoms with van der Waals surface area (Å²) in [6.45, 7) is 24.4. The summed E-state index contributed by atoms with van der Waals surface area (Å²) in [4.78, 5) is 0. The van der Waals surface area contributed by atoms with Gasteiger partial charge in [-0.1, -0.05) is 59.6 Å². The first kappa shape index (κ1) is 15.1. The van der Waals surface area contributed by atoms with Crippen LogP contribution >= 0.6 is 0 Å². The predicted octanol–water partition coefficient (Wildman–Crippen LogP) is 4.31. The van der Waals surface area contributed by atoms with Crippen molar-refractivity contribution in [1.82, 2.24) is 4.23 Å². The van der Waals surface area contributed by atoms with Crippen molar-refractivity contribution in [2.75, 3.05) is 6.54 Å². The van der Waals surface area contributed by atoms with E-state index in [2.05, 4.69) is 70.4 Å². The number of hydrogen-bond acceptors (Lipinski definition) is 1. The van der Waals surface area contributed by atoms with Crippen LogP contribution in [0, 0.1) is 0 Å². The van der Waals surface area contributed by atoms with Gasteiger partial charge in [0.05, 0.1) is 0 Å². The quantitative estimate of drug-likeness (QED) is 0.525. The fourth-order valence-corrected chi connectivity index (χ4v) is 11.7. The fraction of sp³-hybridized carbons (Fsp3) is 0.833. The Morgan fingerprint density at radius 1 is 1.07 bits per heavy atom. The zero-order valence-corrected chi connectivity index (χ0v) is 13.9. The van der Waals surface area contributed by atoms with Gasteiger partial charge in [0.1, 0.15) is 16.5 Å². The van der Waals surface area contributed by atoms with Crippen molar-refractivity contribution in [3.8, 4) is 0 Å². The summed E-state index contributed by atoms with van der Waals surface area (Å²) in [7, 11) is -2.60. The van der Waals surface area contributed by atoms with Gasteiger partial charge in [-0.05, 0) is 5.04 Å². The van der Waals surface area contributed by atoms with E-state index in [0.29, 0.717) is 5.04 Å². The molecule has 0 N–H and O–H groups in total. The molecular weight excluding hydrogens is 214 g/mol. The van der Waals surface area contributed by atoms with Gasteiger partial charge >= 0.3 is 0 Å². The van der Waals surface area contributed by atoms with Gasteiger partial charge in [0.2, 0.25) is 0 Å². The maximum absolute atomic E-state index is 3.91. The molecule has 0 amide bonds. The second kappa shape index (κ2) is 4.56. The summed E-state index contributed by atoms with van der Waals surface area (Å²) in [6.07, 6.45) is 2.07. The van der Waals surface area contributed by atoms with E-state index in [0.717, 1.165) is 6.54 Å². The highest BCUT2D eigenvalue weighted by molar-refractivity contribution is 6.91. The summed E-state index contributed by atoms with van der Waals surface area (Å²) >= 11 is 0. The molecule has 0 fully saturated rings. The van der Waals surface area contributed by atoms with Gasteiger partial charge in [-0.3, -0.25) is 0 Å². The lowest BCUT2D eigenvalue weighted by Gasteiger charge is -2.51. The van der Waals surface area contributed by atoms with E-state index < -0.39 is 16.5 Å². The third-order valence-electron chi connectivity index (χ3n) is 3.63. The highest BCUT2D eigenvalue weighted by Gasteiger charge is 2.44. The minimum atomic E-state index is -1.37. The van der Waals surface area contributed by atoms with Crippen molar-refractivity contribution >= 4 is 16.5 Å². The van der Waals surface area contributed by atoms with Crippen LogP contribution in [0.25, 0.3) is 0 Å². The Balaban J connectivity index is 5.17. The minimum absolute atomic E-state index is 0.427. The Kier molecular flexibility index (Phi) is 4.60.